The second-order valence-corrected chi connectivity index (χ2v) is 4.82. The molecule has 1 saturated heterocycles. The highest BCUT2D eigenvalue weighted by Crippen LogP contribution is 2.23. The summed E-state index contributed by atoms with van der Waals surface area (Å²) in [5, 5.41) is 9.13. The molecule has 1 unspecified atom stereocenters. The minimum Gasteiger partial charge on any atom is -0.480 e. The highest BCUT2D eigenvalue weighted by Gasteiger charge is 2.35. The van der Waals surface area contributed by atoms with E-state index < -0.39 is 12.0 Å². The molecule has 1 heterocycles. The van der Waals surface area contributed by atoms with Gasteiger partial charge < -0.3 is 10.0 Å². The third-order valence-corrected chi connectivity index (χ3v) is 3.55. The number of carbonyl (C=O) groups excluding carboxylic acids is 1. The van der Waals surface area contributed by atoms with Gasteiger partial charge in [-0.15, -0.1) is 0 Å². The second-order valence-electron chi connectivity index (χ2n) is 4.82. The van der Waals surface area contributed by atoms with Crippen molar-refractivity contribution in [3.63, 3.8) is 0 Å². The molecular formula is C14H18N2O3. The molecule has 0 spiro atoms. The Hall–Kier alpha value is -2.04. The number of nitrogens with zero attached hydrogens (tertiary/aromatic N) is 2. The van der Waals surface area contributed by atoms with E-state index in [-0.39, 0.29) is 6.03 Å². The summed E-state index contributed by atoms with van der Waals surface area (Å²) >= 11 is 0. The SMILES string of the molecule is Cc1ccccc1N(C)C(=O)N1CCCC1C(=O)O. The number of anilines is 1. The number of hydrogen-bond acceptors (Lipinski definition) is 2. The summed E-state index contributed by atoms with van der Waals surface area (Å²) in [6, 6.07) is 6.62. The van der Waals surface area contributed by atoms with Crippen LogP contribution in [0.25, 0.3) is 0 Å². The van der Waals surface area contributed by atoms with Gasteiger partial charge in [0.2, 0.25) is 0 Å². The highest BCUT2D eigenvalue weighted by atomic mass is 16.4. The zero-order chi connectivity index (χ0) is 14.0. The van der Waals surface area contributed by atoms with Crippen LogP contribution in [0.3, 0.4) is 0 Å². The minimum absolute atomic E-state index is 0.251. The van der Waals surface area contributed by atoms with E-state index in [9.17, 15) is 9.59 Å². The fourth-order valence-corrected chi connectivity index (χ4v) is 2.49. The molecule has 5 nitrogen and oxygen atoms in total. The van der Waals surface area contributed by atoms with Crippen molar-refractivity contribution in [2.24, 2.45) is 0 Å². The summed E-state index contributed by atoms with van der Waals surface area (Å²) in [6.45, 7) is 2.43. The van der Waals surface area contributed by atoms with Crippen molar-refractivity contribution < 1.29 is 14.7 Å². The number of benzene rings is 1. The number of amides is 2. The first-order valence-electron chi connectivity index (χ1n) is 6.35. The molecule has 2 amide bonds. The lowest BCUT2D eigenvalue weighted by Gasteiger charge is -2.28. The van der Waals surface area contributed by atoms with Crippen LogP contribution in [-0.2, 0) is 4.79 Å². The number of carbonyl (C=O) groups is 2. The average molecular weight is 262 g/mol. The van der Waals surface area contributed by atoms with Crippen molar-refractivity contribution in [1.82, 2.24) is 4.90 Å². The molecule has 1 aromatic rings. The van der Waals surface area contributed by atoms with E-state index in [0.717, 1.165) is 17.7 Å². The fraction of sp³-hybridized carbons (Fsp3) is 0.429. The van der Waals surface area contributed by atoms with Crippen molar-refractivity contribution in [1.29, 1.82) is 0 Å². The van der Waals surface area contributed by atoms with E-state index in [1.54, 1.807) is 7.05 Å². The van der Waals surface area contributed by atoms with Crippen LogP contribution in [0.4, 0.5) is 10.5 Å². The molecule has 5 heteroatoms. The van der Waals surface area contributed by atoms with Crippen molar-refractivity contribution in [3.05, 3.63) is 29.8 Å². The van der Waals surface area contributed by atoms with Crippen LogP contribution >= 0.6 is 0 Å². The molecule has 0 aromatic heterocycles. The van der Waals surface area contributed by atoms with Crippen LogP contribution in [0.1, 0.15) is 18.4 Å². The molecule has 1 aliphatic heterocycles. The molecule has 1 N–H and O–H groups in total. The van der Waals surface area contributed by atoms with Crippen LogP contribution in [0.2, 0.25) is 0 Å². The topological polar surface area (TPSA) is 60.9 Å². The zero-order valence-electron chi connectivity index (χ0n) is 11.2. The first-order valence-corrected chi connectivity index (χ1v) is 6.35. The molecule has 19 heavy (non-hydrogen) atoms. The van der Waals surface area contributed by atoms with Crippen molar-refractivity contribution in [3.8, 4) is 0 Å². The molecular weight excluding hydrogens is 244 g/mol. The van der Waals surface area contributed by atoms with Crippen molar-refractivity contribution >= 4 is 17.7 Å². The van der Waals surface area contributed by atoms with E-state index in [0.29, 0.717) is 13.0 Å². The Morgan fingerprint density at radius 3 is 2.68 bits per heavy atom. The number of likely N-dealkylation sites (tertiary alicyclic amines) is 1. The van der Waals surface area contributed by atoms with Gasteiger partial charge in [-0.2, -0.15) is 0 Å². The van der Waals surface area contributed by atoms with Gasteiger partial charge in [0, 0.05) is 19.3 Å². The van der Waals surface area contributed by atoms with Crippen molar-refractivity contribution in [2.45, 2.75) is 25.8 Å². The van der Waals surface area contributed by atoms with E-state index in [1.807, 2.05) is 31.2 Å². The Bertz CT molecular complexity index is 501. The maximum atomic E-state index is 12.4. The maximum absolute atomic E-state index is 12.4. The molecule has 2 rings (SSSR count). The molecule has 0 saturated carbocycles. The summed E-state index contributed by atoms with van der Waals surface area (Å²) in [5.41, 5.74) is 1.80. The Morgan fingerprint density at radius 1 is 1.37 bits per heavy atom. The molecule has 102 valence electrons. The van der Waals surface area contributed by atoms with E-state index in [2.05, 4.69) is 0 Å². The molecule has 1 aliphatic rings. The van der Waals surface area contributed by atoms with Gasteiger partial charge in [0.05, 0.1) is 0 Å². The van der Waals surface area contributed by atoms with Gasteiger partial charge in [0.1, 0.15) is 6.04 Å². The minimum atomic E-state index is -0.927. The lowest BCUT2D eigenvalue weighted by Crippen LogP contribution is -2.47. The first-order chi connectivity index (χ1) is 9.02. The predicted molar refractivity (Wildman–Crippen MR) is 72.3 cm³/mol. The smallest absolute Gasteiger partial charge is 0.326 e. The predicted octanol–water partition coefficient (Wildman–Crippen LogP) is 2.10. The quantitative estimate of drug-likeness (QED) is 0.887. The van der Waals surface area contributed by atoms with Gasteiger partial charge in [-0.25, -0.2) is 9.59 Å². The van der Waals surface area contributed by atoms with Gasteiger partial charge in [-0.05, 0) is 31.4 Å². The third kappa shape index (κ3) is 2.54. The number of aryl methyl sites for hydroxylation is 1. The second kappa shape index (κ2) is 5.30. The summed E-state index contributed by atoms with van der Waals surface area (Å²) in [7, 11) is 1.68. The third-order valence-electron chi connectivity index (χ3n) is 3.55. The van der Waals surface area contributed by atoms with Crippen LogP contribution in [0.15, 0.2) is 24.3 Å². The average Bonchev–Trinajstić information content (AvgIpc) is 2.87. The summed E-state index contributed by atoms with van der Waals surface area (Å²) in [6.07, 6.45) is 1.27. The molecule has 0 radical (unpaired) electrons. The van der Waals surface area contributed by atoms with Gasteiger partial charge in [0.25, 0.3) is 0 Å². The number of rotatable bonds is 2. The fourth-order valence-electron chi connectivity index (χ4n) is 2.49. The number of hydrogen-bond donors (Lipinski definition) is 1. The standard InChI is InChI=1S/C14H18N2O3/c1-10-6-3-4-7-11(10)15(2)14(19)16-9-5-8-12(16)13(17)18/h3-4,6-7,12H,5,8-9H2,1-2H3,(H,17,18). The van der Waals surface area contributed by atoms with Crippen LogP contribution in [0, 0.1) is 6.92 Å². The Morgan fingerprint density at radius 2 is 2.05 bits per heavy atom. The zero-order valence-corrected chi connectivity index (χ0v) is 11.2. The Labute approximate surface area is 112 Å². The van der Waals surface area contributed by atoms with Crippen LogP contribution in [-0.4, -0.2) is 41.6 Å². The Balaban J connectivity index is 2.20. The molecule has 1 fully saturated rings. The highest BCUT2D eigenvalue weighted by molar-refractivity contribution is 5.95. The van der Waals surface area contributed by atoms with Gasteiger partial charge in [0.15, 0.2) is 0 Å². The monoisotopic (exact) mass is 262 g/mol. The summed E-state index contributed by atoms with van der Waals surface area (Å²) < 4.78 is 0. The van der Waals surface area contributed by atoms with E-state index >= 15 is 0 Å². The maximum Gasteiger partial charge on any atom is 0.326 e. The first kappa shape index (κ1) is 13.4. The lowest BCUT2D eigenvalue weighted by molar-refractivity contribution is -0.141. The van der Waals surface area contributed by atoms with Crippen LogP contribution in [0.5, 0.6) is 0 Å². The van der Waals surface area contributed by atoms with E-state index in [1.165, 1.54) is 9.80 Å². The van der Waals surface area contributed by atoms with E-state index in [4.69, 9.17) is 5.11 Å². The molecule has 1 aromatic carbocycles. The molecule has 0 aliphatic carbocycles. The number of carboxylic acids is 1. The Kier molecular flexibility index (Phi) is 3.74. The number of urea groups is 1. The number of aliphatic carboxylic acids is 1. The molecule has 0 bridgehead atoms. The largest absolute Gasteiger partial charge is 0.480 e. The number of para-hydroxylation sites is 1. The number of carboxylic acid groups (broad SMARTS) is 1. The van der Waals surface area contributed by atoms with Gasteiger partial charge >= 0.3 is 12.0 Å². The summed E-state index contributed by atoms with van der Waals surface area (Å²) in [4.78, 5) is 26.5. The van der Waals surface area contributed by atoms with Gasteiger partial charge in [-0.3, -0.25) is 4.90 Å². The van der Waals surface area contributed by atoms with Gasteiger partial charge in [-0.1, -0.05) is 18.2 Å². The van der Waals surface area contributed by atoms with Crippen molar-refractivity contribution in [2.75, 3.05) is 18.5 Å². The summed E-state index contributed by atoms with van der Waals surface area (Å²) in [5.74, 6) is -0.927. The normalized spacial score (nSPS) is 18.4. The van der Waals surface area contributed by atoms with Crippen LogP contribution < -0.4 is 4.90 Å². The molecule has 1 atom stereocenters. The lowest BCUT2D eigenvalue weighted by atomic mass is 10.2.